The molecule has 0 aromatic heterocycles. The third-order valence-corrected chi connectivity index (χ3v) is 6.33. The summed E-state index contributed by atoms with van der Waals surface area (Å²) in [5.41, 5.74) is 1.66. The van der Waals surface area contributed by atoms with Crippen molar-refractivity contribution in [1.82, 2.24) is 4.31 Å². The first-order valence-corrected chi connectivity index (χ1v) is 9.21. The minimum atomic E-state index is -3.49. The Morgan fingerprint density at radius 2 is 2.00 bits per heavy atom. The van der Waals surface area contributed by atoms with Gasteiger partial charge in [0.15, 0.2) is 0 Å². The molecule has 1 heterocycles. The van der Waals surface area contributed by atoms with Crippen molar-refractivity contribution in [3.8, 4) is 0 Å². The van der Waals surface area contributed by atoms with E-state index < -0.39 is 10.0 Å². The Morgan fingerprint density at radius 1 is 1.33 bits per heavy atom. The van der Waals surface area contributed by atoms with Gasteiger partial charge in [-0.1, -0.05) is 19.1 Å². The molecule has 0 unspecified atom stereocenters. The van der Waals surface area contributed by atoms with Crippen molar-refractivity contribution < 1.29 is 13.2 Å². The van der Waals surface area contributed by atoms with Crippen LogP contribution in [0.25, 0.3) is 0 Å². The SMILES string of the molecule is CCc1ccc(CCl)cc1S(=O)(=O)N(C)C1CCOCC1. The molecule has 4 nitrogen and oxygen atoms in total. The number of hydrogen-bond donors (Lipinski definition) is 0. The van der Waals surface area contributed by atoms with Gasteiger partial charge in [0.2, 0.25) is 10.0 Å². The molecule has 2 rings (SSSR count). The van der Waals surface area contributed by atoms with Crippen molar-refractivity contribution in [3.63, 3.8) is 0 Å². The lowest BCUT2D eigenvalue weighted by atomic mass is 10.1. The van der Waals surface area contributed by atoms with Crippen LogP contribution < -0.4 is 0 Å². The molecule has 1 aromatic carbocycles. The molecule has 0 aliphatic carbocycles. The molecule has 0 saturated carbocycles. The molecule has 1 saturated heterocycles. The normalized spacial score (nSPS) is 17.3. The maximum Gasteiger partial charge on any atom is 0.243 e. The first kappa shape index (κ1) is 16.7. The average molecular weight is 332 g/mol. The lowest BCUT2D eigenvalue weighted by Crippen LogP contribution is -2.40. The van der Waals surface area contributed by atoms with Crippen molar-refractivity contribution in [1.29, 1.82) is 0 Å². The summed E-state index contributed by atoms with van der Waals surface area (Å²) in [6.07, 6.45) is 2.16. The summed E-state index contributed by atoms with van der Waals surface area (Å²) in [6, 6.07) is 5.46. The zero-order valence-electron chi connectivity index (χ0n) is 12.5. The fraction of sp³-hybridized carbons (Fsp3) is 0.600. The summed E-state index contributed by atoms with van der Waals surface area (Å²) in [5, 5.41) is 0. The zero-order chi connectivity index (χ0) is 15.5. The number of aryl methyl sites for hydroxylation is 1. The molecule has 1 aromatic rings. The lowest BCUT2D eigenvalue weighted by molar-refractivity contribution is 0.0632. The van der Waals surface area contributed by atoms with Crippen molar-refractivity contribution >= 4 is 21.6 Å². The predicted octanol–water partition coefficient (Wildman–Crippen LogP) is 2.79. The predicted molar refractivity (Wildman–Crippen MR) is 84.2 cm³/mol. The highest BCUT2D eigenvalue weighted by atomic mass is 35.5. The van der Waals surface area contributed by atoms with Crippen LogP contribution in [0.5, 0.6) is 0 Å². The van der Waals surface area contributed by atoms with Gasteiger partial charge in [-0.25, -0.2) is 8.42 Å². The molecule has 0 bridgehead atoms. The maximum atomic E-state index is 12.9. The molecule has 0 radical (unpaired) electrons. The summed E-state index contributed by atoms with van der Waals surface area (Å²) in [7, 11) is -1.83. The fourth-order valence-electron chi connectivity index (χ4n) is 2.61. The molecule has 118 valence electrons. The van der Waals surface area contributed by atoms with Gasteiger partial charge in [0.25, 0.3) is 0 Å². The van der Waals surface area contributed by atoms with Gasteiger partial charge in [0.1, 0.15) is 0 Å². The highest BCUT2D eigenvalue weighted by Crippen LogP contribution is 2.26. The van der Waals surface area contributed by atoms with Crippen LogP contribution in [0.3, 0.4) is 0 Å². The van der Waals surface area contributed by atoms with E-state index in [0.717, 1.165) is 24.0 Å². The second kappa shape index (κ2) is 7.09. The van der Waals surface area contributed by atoms with Gasteiger partial charge in [0.05, 0.1) is 4.90 Å². The van der Waals surface area contributed by atoms with Gasteiger partial charge in [-0.2, -0.15) is 4.31 Å². The number of halogens is 1. The zero-order valence-corrected chi connectivity index (χ0v) is 14.1. The molecule has 1 aliphatic heterocycles. The van der Waals surface area contributed by atoms with E-state index >= 15 is 0 Å². The van der Waals surface area contributed by atoms with E-state index in [1.807, 2.05) is 19.1 Å². The minimum absolute atomic E-state index is 0.00751. The molecular weight excluding hydrogens is 310 g/mol. The molecule has 0 N–H and O–H groups in total. The van der Waals surface area contributed by atoms with Crippen molar-refractivity contribution in [2.45, 2.75) is 43.0 Å². The second-order valence-electron chi connectivity index (χ2n) is 5.29. The van der Waals surface area contributed by atoms with Gasteiger partial charge in [-0.15, -0.1) is 11.6 Å². The van der Waals surface area contributed by atoms with Crippen LogP contribution >= 0.6 is 11.6 Å². The topological polar surface area (TPSA) is 46.6 Å². The summed E-state index contributed by atoms with van der Waals surface area (Å²) in [4.78, 5) is 0.386. The lowest BCUT2D eigenvalue weighted by Gasteiger charge is -2.31. The van der Waals surface area contributed by atoms with Gasteiger partial charge in [-0.05, 0) is 36.5 Å². The third kappa shape index (κ3) is 3.59. The van der Waals surface area contributed by atoms with Crippen LogP contribution in [0.2, 0.25) is 0 Å². The standard InChI is InChI=1S/C15H22ClNO3S/c1-3-13-5-4-12(11-16)10-15(13)21(18,19)17(2)14-6-8-20-9-7-14/h4-5,10,14H,3,6-9,11H2,1-2H3. The molecule has 0 spiro atoms. The third-order valence-electron chi connectivity index (χ3n) is 4.03. The Bertz CT molecular complexity index is 583. The Morgan fingerprint density at radius 3 is 2.57 bits per heavy atom. The number of alkyl halides is 1. The summed E-state index contributed by atoms with van der Waals surface area (Å²) in [6.45, 7) is 3.20. The van der Waals surface area contributed by atoms with Crippen LogP contribution in [-0.2, 0) is 27.1 Å². The molecule has 0 atom stereocenters. The summed E-state index contributed by atoms with van der Waals surface area (Å²) in [5.74, 6) is 0.313. The Balaban J connectivity index is 2.37. The van der Waals surface area contributed by atoms with E-state index in [2.05, 4.69) is 0 Å². The Labute approximate surface area is 132 Å². The van der Waals surface area contributed by atoms with Crippen LogP contribution in [0.15, 0.2) is 23.1 Å². The Kier molecular flexibility index (Phi) is 5.66. The van der Waals surface area contributed by atoms with Gasteiger partial charge >= 0.3 is 0 Å². The number of benzene rings is 1. The van der Waals surface area contributed by atoms with Crippen LogP contribution in [0, 0.1) is 0 Å². The number of sulfonamides is 1. The monoisotopic (exact) mass is 331 g/mol. The van der Waals surface area contributed by atoms with E-state index in [4.69, 9.17) is 16.3 Å². The number of ether oxygens (including phenoxy) is 1. The van der Waals surface area contributed by atoms with Crippen LogP contribution in [0.1, 0.15) is 30.9 Å². The number of nitrogens with zero attached hydrogens (tertiary/aromatic N) is 1. The van der Waals surface area contributed by atoms with Crippen molar-refractivity contribution in [2.75, 3.05) is 20.3 Å². The van der Waals surface area contributed by atoms with Gasteiger partial charge in [-0.3, -0.25) is 0 Å². The minimum Gasteiger partial charge on any atom is -0.381 e. The largest absolute Gasteiger partial charge is 0.381 e. The van der Waals surface area contributed by atoms with Gasteiger partial charge < -0.3 is 4.74 Å². The second-order valence-corrected chi connectivity index (χ2v) is 7.53. The smallest absolute Gasteiger partial charge is 0.243 e. The highest BCUT2D eigenvalue weighted by Gasteiger charge is 2.30. The van der Waals surface area contributed by atoms with Gasteiger partial charge in [0, 0.05) is 32.2 Å². The first-order valence-electron chi connectivity index (χ1n) is 7.24. The van der Waals surface area contributed by atoms with E-state index in [0.29, 0.717) is 30.4 Å². The number of hydrogen-bond acceptors (Lipinski definition) is 3. The first-order chi connectivity index (χ1) is 10.0. The molecule has 1 aliphatic rings. The average Bonchev–Trinajstić information content (AvgIpc) is 2.54. The van der Waals surface area contributed by atoms with Crippen LogP contribution in [0.4, 0.5) is 0 Å². The molecule has 0 amide bonds. The molecule has 6 heteroatoms. The summed E-state index contributed by atoms with van der Waals surface area (Å²) >= 11 is 5.85. The van der Waals surface area contributed by atoms with Crippen molar-refractivity contribution in [2.24, 2.45) is 0 Å². The van der Waals surface area contributed by atoms with E-state index in [1.165, 1.54) is 4.31 Å². The molecule has 21 heavy (non-hydrogen) atoms. The summed E-state index contributed by atoms with van der Waals surface area (Å²) < 4.78 is 32.7. The highest BCUT2D eigenvalue weighted by molar-refractivity contribution is 7.89. The van der Waals surface area contributed by atoms with Crippen LogP contribution in [-0.4, -0.2) is 39.0 Å². The molecular formula is C15H22ClNO3S. The fourth-order valence-corrected chi connectivity index (χ4v) is 4.54. The quantitative estimate of drug-likeness (QED) is 0.779. The van der Waals surface area contributed by atoms with E-state index in [9.17, 15) is 8.42 Å². The maximum absolute atomic E-state index is 12.9. The van der Waals surface area contributed by atoms with E-state index in [-0.39, 0.29) is 6.04 Å². The van der Waals surface area contributed by atoms with E-state index in [1.54, 1.807) is 13.1 Å². The number of rotatable bonds is 5. The van der Waals surface area contributed by atoms with Crippen molar-refractivity contribution in [3.05, 3.63) is 29.3 Å². The molecule has 1 fully saturated rings. The Hall–Kier alpha value is -0.620.